The Morgan fingerprint density at radius 2 is 2.45 bits per heavy atom. The third kappa shape index (κ3) is 4.16. The van der Waals surface area contributed by atoms with Crippen LogP contribution >= 0.6 is 11.3 Å². The largest absolute Gasteiger partial charge is 0.480 e. The molecule has 0 amide bonds. The Bertz CT molecular complexity index is 538. The highest BCUT2D eigenvalue weighted by Gasteiger charge is 2.14. The molecule has 0 aliphatic heterocycles. The minimum absolute atomic E-state index is 0.0510. The second-order valence-electron chi connectivity index (χ2n) is 4.22. The van der Waals surface area contributed by atoms with Crippen molar-refractivity contribution in [3.8, 4) is 10.8 Å². The molecule has 20 heavy (non-hydrogen) atoms. The number of carboxylic acid groups (broad SMARTS) is 1. The summed E-state index contributed by atoms with van der Waals surface area (Å²) in [5, 5.41) is 10.8. The Kier molecular flexibility index (Phi) is 5.28. The number of hydrogen-bond acceptors (Lipinski definition) is 6. The highest BCUT2D eigenvalue weighted by Crippen LogP contribution is 2.23. The number of carboxylic acids is 1. The van der Waals surface area contributed by atoms with E-state index in [9.17, 15) is 4.79 Å². The van der Waals surface area contributed by atoms with Crippen molar-refractivity contribution in [3.63, 3.8) is 0 Å². The van der Waals surface area contributed by atoms with Gasteiger partial charge in [-0.25, -0.2) is 4.98 Å². The normalized spacial score (nSPS) is 11.1. The molecule has 0 aromatic carbocycles. The lowest BCUT2D eigenvalue weighted by molar-refractivity contribution is -0.138. The van der Waals surface area contributed by atoms with E-state index in [1.54, 1.807) is 29.6 Å². The van der Waals surface area contributed by atoms with E-state index in [1.165, 1.54) is 0 Å². The first kappa shape index (κ1) is 14.7. The molecule has 0 aliphatic rings. The molecule has 2 heterocycles. The SMILES string of the molecule is COCCN(CC(=O)O)Cc1coc(-c2cccs2)n1. The predicted octanol–water partition coefficient (Wildman–Crippen LogP) is 1.94. The molecule has 0 unspecified atom stereocenters. The molecule has 0 fully saturated rings. The number of methoxy groups -OCH3 is 1. The molecule has 6 nitrogen and oxygen atoms in total. The van der Waals surface area contributed by atoms with Crippen LogP contribution < -0.4 is 0 Å². The molecule has 0 saturated heterocycles. The van der Waals surface area contributed by atoms with Gasteiger partial charge in [0, 0.05) is 20.2 Å². The van der Waals surface area contributed by atoms with Crippen molar-refractivity contribution in [2.75, 3.05) is 26.8 Å². The van der Waals surface area contributed by atoms with E-state index < -0.39 is 5.97 Å². The minimum atomic E-state index is -0.872. The fourth-order valence-electron chi connectivity index (χ4n) is 1.75. The molecule has 0 radical (unpaired) electrons. The summed E-state index contributed by atoms with van der Waals surface area (Å²) in [6.45, 7) is 1.38. The second kappa shape index (κ2) is 7.18. The zero-order valence-electron chi connectivity index (χ0n) is 11.1. The third-order valence-corrected chi connectivity index (χ3v) is 3.50. The zero-order chi connectivity index (χ0) is 14.4. The van der Waals surface area contributed by atoms with Crippen LogP contribution in [0.1, 0.15) is 5.69 Å². The van der Waals surface area contributed by atoms with Crippen molar-refractivity contribution < 1.29 is 19.1 Å². The average molecular weight is 296 g/mol. The lowest BCUT2D eigenvalue weighted by Crippen LogP contribution is -2.32. The Morgan fingerprint density at radius 3 is 3.10 bits per heavy atom. The minimum Gasteiger partial charge on any atom is -0.480 e. The molecule has 0 saturated carbocycles. The fourth-order valence-corrected chi connectivity index (χ4v) is 2.40. The van der Waals surface area contributed by atoms with Crippen molar-refractivity contribution >= 4 is 17.3 Å². The van der Waals surface area contributed by atoms with Crippen LogP contribution in [0, 0.1) is 0 Å². The number of carbonyl (C=O) groups is 1. The van der Waals surface area contributed by atoms with Crippen molar-refractivity contribution in [1.82, 2.24) is 9.88 Å². The Labute approximate surface area is 120 Å². The van der Waals surface area contributed by atoms with Gasteiger partial charge in [-0.05, 0) is 11.4 Å². The molecule has 2 aromatic heterocycles. The fraction of sp³-hybridized carbons (Fsp3) is 0.385. The molecule has 0 bridgehead atoms. The maximum absolute atomic E-state index is 10.8. The van der Waals surface area contributed by atoms with Gasteiger partial charge in [0.1, 0.15) is 6.26 Å². The predicted molar refractivity (Wildman–Crippen MR) is 74.6 cm³/mol. The van der Waals surface area contributed by atoms with Gasteiger partial charge in [-0.1, -0.05) is 6.07 Å². The Hall–Kier alpha value is -1.70. The summed E-state index contributed by atoms with van der Waals surface area (Å²) >= 11 is 1.55. The van der Waals surface area contributed by atoms with E-state index in [0.29, 0.717) is 31.3 Å². The third-order valence-electron chi connectivity index (χ3n) is 2.64. The van der Waals surface area contributed by atoms with Gasteiger partial charge in [0.2, 0.25) is 5.89 Å². The van der Waals surface area contributed by atoms with Gasteiger partial charge >= 0.3 is 5.97 Å². The summed E-state index contributed by atoms with van der Waals surface area (Å²) in [6, 6.07) is 3.86. The first-order valence-electron chi connectivity index (χ1n) is 6.10. The molecule has 108 valence electrons. The summed E-state index contributed by atoms with van der Waals surface area (Å²) in [5.74, 6) is -0.305. The molecule has 1 N–H and O–H groups in total. The monoisotopic (exact) mass is 296 g/mol. The van der Waals surface area contributed by atoms with Crippen LogP contribution in [-0.2, 0) is 16.1 Å². The average Bonchev–Trinajstić information content (AvgIpc) is 3.05. The summed E-state index contributed by atoms with van der Waals surface area (Å²) in [5.41, 5.74) is 0.714. The molecule has 2 rings (SSSR count). The molecule has 7 heteroatoms. The number of rotatable bonds is 8. The number of nitrogens with zero attached hydrogens (tertiary/aromatic N) is 2. The van der Waals surface area contributed by atoms with Gasteiger partial charge < -0.3 is 14.3 Å². The van der Waals surface area contributed by atoms with Gasteiger partial charge in [-0.2, -0.15) is 0 Å². The Balaban J connectivity index is 2.00. The van der Waals surface area contributed by atoms with Gasteiger partial charge in [0.25, 0.3) is 0 Å². The maximum Gasteiger partial charge on any atom is 0.317 e. The van der Waals surface area contributed by atoms with Crippen molar-refractivity contribution in [2.45, 2.75) is 6.54 Å². The van der Waals surface area contributed by atoms with Gasteiger partial charge in [-0.15, -0.1) is 11.3 Å². The van der Waals surface area contributed by atoms with Crippen LogP contribution in [-0.4, -0.2) is 47.8 Å². The molecule has 0 atom stereocenters. The molecule has 0 aliphatic carbocycles. The van der Waals surface area contributed by atoms with E-state index in [1.807, 2.05) is 17.5 Å². The topological polar surface area (TPSA) is 75.8 Å². The van der Waals surface area contributed by atoms with E-state index >= 15 is 0 Å². The van der Waals surface area contributed by atoms with Crippen molar-refractivity contribution in [1.29, 1.82) is 0 Å². The van der Waals surface area contributed by atoms with Crippen LogP contribution in [0.2, 0.25) is 0 Å². The highest BCUT2D eigenvalue weighted by atomic mass is 32.1. The summed E-state index contributed by atoms with van der Waals surface area (Å²) in [6.07, 6.45) is 1.57. The summed E-state index contributed by atoms with van der Waals surface area (Å²) < 4.78 is 10.4. The van der Waals surface area contributed by atoms with Gasteiger partial charge in [0.15, 0.2) is 0 Å². The highest BCUT2D eigenvalue weighted by molar-refractivity contribution is 7.13. The van der Waals surface area contributed by atoms with Crippen molar-refractivity contribution in [3.05, 3.63) is 29.5 Å². The zero-order valence-corrected chi connectivity index (χ0v) is 11.9. The summed E-state index contributed by atoms with van der Waals surface area (Å²) in [4.78, 5) is 17.9. The van der Waals surface area contributed by atoms with Crippen LogP contribution in [0.15, 0.2) is 28.2 Å². The smallest absolute Gasteiger partial charge is 0.317 e. The van der Waals surface area contributed by atoms with E-state index in [-0.39, 0.29) is 6.54 Å². The van der Waals surface area contributed by atoms with Crippen LogP contribution in [0.25, 0.3) is 10.8 Å². The number of aliphatic carboxylic acids is 1. The van der Waals surface area contributed by atoms with Gasteiger partial charge in [0.05, 0.1) is 23.7 Å². The first-order chi connectivity index (χ1) is 9.69. The quantitative estimate of drug-likeness (QED) is 0.802. The van der Waals surface area contributed by atoms with Crippen LogP contribution in [0.3, 0.4) is 0 Å². The number of hydrogen-bond donors (Lipinski definition) is 1. The number of ether oxygens (including phenoxy) is 1. The lowest BCUT2D eigenvalue weighted by atomic mass is 10.4. The second-order valence-corrected chi connectivity index (χ2v) is 5.17. The van der Waals surface area contributed by atoms with Gasteiger partial charge in [-0.3, -0.25) is 9.69 Å². The molecule has 2 aromatic rings. The van der Waals surface area contributed by atoms with E-state index in [2.05, 4.69) is 4.98 Å². The molecular weight excluding hydrogens is 280 g/mol. The maximum atomic E-state index is 10.8. The number of thiophene rings is 1. The van der Waals surface area contributed by atoms with E-state index in [0.717, 1.165) is 4.88 Å². The molecule has 0 spiro atoms. The lowest BCUT2D eigenvalue weighted by Gasteiger charge is -2.17. The first-order valence-corrected chi connectivity index (χ1v) is 6.98. The van der Waals surface area contributed by atoms with Crippen LogP contribution in [0.5, 0.6) is 0 Å². The number of aromatic nitrogens is 1. The van der Waals surface area contributed by atoms with E-state index in [4.69, 9.17) is 14.3 Å². The van der Waals surface area contributed by atoms with Crippen LogP contribution in [0.4, 0.5) is 0 Å². The number of oxazole rings is 1. The standard InChI is InChI=1S/C13H16N2O4S/c1-18-5-4-15(8-12(16)17)7-10-9-19-13(14-10)11-3-2-6-20-11/h2-3,6,9H,4-5,7-8H2,1H3,(H,16,17). The Morgan fingerprint density at radius 1 is 1.60 bits per heavy atom. The summed E-state index contributed by atoms with van der Waals surface area (Å²) in [7, 11) is 1.59. The van der Waals surface area contributed by atoms with Crippen molar-refractivity contribution in [2.24, 2.45) is 0 Å². The molecular formula is C13H16N2O4S.